The largest absolute Gasteiger partial charge is 0.459 e. The van der Waals surface area contributed by atoms with Gasteiger partial charge < -0.3 is 14.8 Å². The number of ether oxygens (including phenoxy) is 2. The molecule has 1 aromatic heterocycles. The molecule has 0 fully saturated rings. The van der Waals surface area contributed by atoms with Crippen molar-refractivity contribution < 1.29 is 19.1 Å². The lowest BCUT2D eigenvalue weighted by molar-refractivity contribution is -0.154. The minimum absolute atomic E-state index is 0.115. The predicted octanol–water partition coefficient (Wildman–Crippen LogP) is 2.05. The van der Waals surface area contributed by atoms with E-state index in [1.54, 1.807) is 25.3 Å². The second-order valence-corrected chi connectivity index (χ2v) is 4.30. The summed E-state index contributed by atoms with van der Waals surface area (Å²) in [5, 5.41) is 2.44. The van der Waals surface area contributed by atoms with E-state index in [0.717, 1.165) is 0 Å². The number of hydrogen-bond acceptors (Lipinski definition) is 5. The first-order valence-electron chi connectivity index (χ1n) is 6.82. The van der Waals surface area contributed by atoms with Gasteiger partial charge in [0.1, 0.15) is 11.5 Å². The summed E-state index contributed by atoms with van der Waals surface area (Å²) >= 11 is 0. The van der Waals surface area contributed by atoms with E-state index in [0.29, 0.717) is 17.2 Å². The van der Waals surface area contributed by atoms with Crippen LogP contribution in [0.15, 0.2) is 48.7 Å². The molecule has 0 saturated carbocycles. The van der Waals surface area contributed by atoms with Crippen LogP contribution >= 0.6 is 0 Å². The highest BCUT2D eigenvalue weighted by Gasteiger charge is 2.14. The molecule has 2 aromatic rings. The van der Waals surface area contributed by atoms with Crippen molar-refractivity contribution in [3.05, 3.63) is 54.4 Å². The van der Waals surface area contributed by atoms with Gasteiger partial charge in [0, 0.05) is 12.3 Å². The van der Waals surface area contributed by atoms with Crippen LogP contribution in [0, 0.1) is 0 Å². The minimum Gasteiger partial charge on any atom is -0.459 e. The van der Waals surface area contributed by atoms with Crippen LogP contribution in [0.3, 0.4) is 0 Å². The van der Waals surface area contributed by atoms with E-state index in [4.69, 9.17) is 4.74 Å². The number of carbonyl (C=O) groups is 2. The van der Waals surface area contributed by atoms with Gasteiger partial charge in [-0.05, 0) is 25.1 Å². The number of benzene rings is 1. The highest BCUT2D eigenvalue weighted by Crippen LogP contribution is 2.20. The normalized spacial score (nSPS) is 9.86. The second kappa shape index (κ2) is 7.78. The zero-order valence-corrected chi connectivity index (χ0v) is 12.1. The number of para-hydroxylation sites is 1. The van der Waals surface area contributed by atoms with E-state index in [9.17, 15) is 9.59 Å². The lowest BCUT2D eigenvalue weighted by atomic mass is 10.3. The fourth-order valence-corrected chi connectivity index (χ4v) is 1.68. The number of carbonyl (C=O) groups excluding carboxylic acids is 2. The Hall–Kier alpha value is -2.89. The summed E-state index contributed by atoms with van der Waals surface area (Å²) in [7, 11) is 0. The van der Waals surface area contributed by atoms with Gasteiger partial charge in [-0.15, -0.1) is 0 Å². The lowest BCUT2D eigenvalue weighted by Crippen LogP contribution is -2.32. The van der Waals surface area contributed by atoms with Gasteiger partial charge >= 0.3 is 11.9 Å². The number of pyridine rings is 1. The molecule has 1 aromatic carbocycles. The standard InChI is InChI=1S/C16H16N2O4/c1-2-21-16(20)15(19)18-11-12-10-14(8-9-17-12)22-13-6-4-3-5-7-13/h3-10H,2,11H2,1H3,(H,18,19). The van der Waals surface area contributed by atoms with Crippen LogP contribution in [0.5, 0.6) is 11.5 Å². The number of hydrogen-bond donors (Lipinski definition) is 1. The molecule has 0 bridgehead atoms. The highest BCUT2D eigenvalue weighted by atomic mass is 16.5. The van der Waals surface area contributed by atoms with Crippen LogP contribution in [-0.4, -0.2) is 23.5 Å². The molecule has 2 rings (SSSR count). The third-order valence-electron chi connectivity index (χ3n) is 2.66. The van der Waals surface area contributed by atoms with Crippen molar-refractivity contribution >= 4 is 11.9 Å². The molecule has 6 nitrogen and oxygen atoms in total. The number of amides is 1. The fourth-order valence-electron chi connectivity index (χ4n) is 1.68. The molecule has 0 aliphatic carbocycles. The Labute approximate surface area is 128 Å². The van der Waals surface area contributed by atoms with E-state index in [1.165, 1.54) is 0 Å². The lowest BCUT2D eigenvalue weighted by Gasteiger charge is -2.08. The molecular formula is C16H16N2O4. The maximum Gasteiger partial charge on any atom is 0.396 e. The van der Waals surface area contributed by atoms with Gasteiger partial charge in [-0.3, -0.25) is 9.78 Å². The molecule has 0 spiro atoms. The van der Waals surface area contributed by atoms with Crippen molar-refractivity contribution in [3.8, 4) is 11.5 Å². The van der Waals surface area contributed by atoms with Crippen molar-refractivity contribution in [1.29, 1.82) is 0 Å². The maximum absolute atomic E-state index is 11.4. The van der Waals surface area contributed by atoms with Gasteiger partial charge in [0.2, 0.25) is 0 Å². The highest BCUT2D eigenvalue weighted by molar-refractivity contribution is 6.32. The molecule has 0 aliphatic heterocycles. The summed E-state index contributed by atoms with van der Waals surface area (Å²) < 4.78 is 10.3. The molecule has 0 unspecified atom stereocenters. The molecule has 6 heteroatoms. The number of nitrogens with zero attached hydrogens (tertiary/aromatic N) is 1. The Balaban J connectivity index is 1.94. The van der Waals surface area contributed by atoms with Crippen LogP contribution in [-0.2, 0) is 20.9 Å². The first-order valence-corrected chi connectivity index (χ1v) is 6.82. The van der Waals surface area contributed by atoms with Gasteiger partial charge in [-0.1, -0.05) is 18.2 Å². The van der Waals surface area contributed by atoms with Crippen LogP contribution in [0.4, 0.5) is 0 Å². The van der Waals surface area contributed by atoms with E-state index in [2.05, 4.69) is 15.0 Å². The zero-order chi connectivity index (χ0) is 15.8. The van der Waals surface area contributed by atoms with E-state index in [1.807, 2.05) is 30.3 Å². The molecule has 0 aliphatic rings. The van der Waals surface area contributed by atoms with Gasteiger partial charge in [0.25, 0.3) is 0 Å². The number of aromatic nitrogens is 1. The summed E-state index contributed by atoms with van der Waals surface area (Å²) in [6.45, 7) is 1.91. The quantitative estimate of drug-likeness (QED) is 0.675. The molecule has 0 radical (unpaired) electrons. The number of rotatable bonds is 5. The summed E-state index contributed by atoms with van der Waals surface area (Å²) in [6, 6.07) is 12.7. The predicted molar refractivity (Wildman–Crippen MR) is 79.2 cm³/mol. The Kier molecular flexibility index (Phi) is 5.48. The van der Waals surface area contributed by atoms with Gasteiger partial charge in [-0.2, -0.15) is 0 Å². The molecule has 0 saturated heterocycles. The summed E-state index contributed by atoms with van der Waals surface area (Å²) in [5.74, 6) is -0.394. The Morgan fingerprint density at radius 2 is 1.91 bits per heavy atom. The van der Waals surface area contributed by atoms with E-state index < -0.39 is 11.9 Å². The molecular weight excluding hydrogens is 284 g/mol. The minimum atomic E-state index is -0.904. The van der Waals surface area contributed by atoms with Crippen molar-refractivity contribution in [2.45, 2.75) is 13.5 Å². The Morgan fingerprint density at radius 1 is 1.14 bits per heavy atom. The topological polar surface area (TPSA) is 77.5 Å². The SMILES string of the molecule is CCOC(=O)C(=O)NCc1cc(Oc2ccccc2)ccn1. The Morgan fingerprint density at radius 3 is 2.64 bits per heavy atom. The third kappa shape index (κ3) is 4.59. The van der Waals surface area contributed by atoms with Crippen molar-refractivity contribution in [2.24, 2.45) is 0 Å². The third-order valence-corrected chi connectivity index (χ3v) is 2.66. The average Bonchev–Trinajstić information content (AvgIpc) is 2.54. The van der Waals surface area contributed by atoms with Crippen molar-refractivity contribution in [3.63, 3.8) is 0 Å². The zero-order valence-electron chi connectivity index (χ0n) is 12.1. The van der Waals surface area contributed by atoms with Gasteiger partial charge in [-0.25, -0.2) is 4.79 Å². The number of nitrogens with one attached hydrogen (secondary N) is 1. The van der Waals surface area contributed by atoms with Crippen LogP contribution in [0.25, 0.3) is 0 Å². The van der Waals surface area contributed by atoms with E-state index >= 15 is 0 Å². The first kappa shape index (κ1) is 15.5. The molecule has 1 amide bonds. The first-order chi connectivity index (χ1) is 10.7. The summed E-state index contributed by atoms with van der Waals surface area (Å²) in [6.07, 6.45) is 1.57. The fraction of sp³-hybridized carbons (Fsp3) is 0.188. The van der Waals surface area contributed by atoms with E-state index in [-0.39, 0.29) is 13.2 Å². The maximum atomic E-state index is 11.4. The second-order valence-electron chi connectivity index (χ2n) is 4.30. The van der Waals surface area contributed by atoms with Crippen molar-refractivity contribution in [2.75, 3.05) is 6.61 Å². The molecule has 1 heterocycles. The van der Waals surface area contributed by atoms with Crippen LogP contribution < -0.4 is 10.1 Å². The Bertz CT molecular complexity index is 644. The van der Waals surface area contributed by atoms with Gasteiger partial charge in [0.15, 0.2) is 0 Å². The van der Waals surface area contributed by atoms with Crippen LogP contribution in [0.2, 0.25) is 0 Å². The smallest absolute Gasteiger partial charge is 0.396 e. The molecule has 22 heavy (non-hydrogen) atoms. The number of esters is 1. The van der Waals surface area contributed by atoms with Gasteiger partial charge in [0.05, 0.1) is 18.8 Å². The molecule has 1 N–H and O–H groups in total. The average molecular weight is 300 g/mol. The summed E-state index contributed by atoms with van der Waals surface area (Å²) in [4.78, 5) is 26.7. The van der Waals surface area contributed by atoms with Crippen LogP contribution in [0.1, 0.15) is 12.6 Å². The van der Waals surface area contributed by atoms with Crippen molar-refractivity contribution in [1.82, 2.24) is 10.3 Å². The molecule has 0 atom stereocenters. The monoisotopic (exact) mass is 300 g/mol. The molecule has 114 valence electrons. The summed E-state index contributed by atoms with van der Waals surface area (Å²) in [5.41, 5.74) is 0.575.